The molecule has 1 aromatic rings. The second-order valence-electron chi connectivity index (χ2n) is 3.73. The van der Waals surface area contributed by atoms with Gasteiger partial charge in [-0.25, -0.2) is 4.98 Å². The molecule has 1 saturated heterocycles. The molecule has 82 valence electrons. The number of aliphatic hydroxyl groups is 2. The molecule has 0 spiro atoms. The predicted octanol–water partition coefficient (Wildman–Crippen LogP) is 0.0101. The van der Waals surface area contributed by atoms with Gasteiger partial charge < -0.3 is 15.1 Å². The highest BCUT2D eigenvalue weighted by Gasteiger charge is 2.31. The van der Waals surface area contributed by atoms with Crippen molar-refractivity contribution >= 4 is 5.82 Å². The standard InChI is InChI=1S/C10H13FN2O2/c11-9-2-1-3-10(12-9)13-4-7(6-14)8(15)5-13/h1-3,7-8,14-15H,4-6H2. The first-order chi connectivity index (χ1) is 7.20. The van der Waals surface area contributed by atoms with Gasteiger partial charge in [-0.05, 0) is 12.1 Å². The number of nitrogens with zero attached hydrogens (tertiary/aromatic N) is 2. The first-order valence-corrected chi connectivity index (χ1v) is 4.87. The molecule has 1 aliphatic heterocycles. The molecule has 2 unspecified atom stereocenters. The van der Waals surface area contributed by atoms with E-state index in [4.69, 9.17) is 5.11 Å². The summed E-state index contributed by atoms with van der Waals surface area (Å²) in [5.41, 5.74) is 0. The lowest BCUT2D eigenvalue weighted by atomic mass is 10.1. The Morgan fingerprint density at radius 2 is 2.27 bits per heavy atom. The van der Waals surface area contributed by atoms with Crippen LogP contribution in [0.15, 0.2) is 18.2 Å². The fraction of sp³-hybridized carbons (Fsp3) is 0.500. The molecule has 2 rings (SSSR count). The number of aliphatic hydroxyl groups excluding tert-OH is 2. The average Bonchev–Trinajstić information content (AvgIpc) is 2.60. The maximum Gasteiger partial charge on any atom is 0.214 e. The van der Waals surface area contributed by atoms with E-state index < -0.39 is 12.1 Å². The van der Waals surface area contributed by atoms with Gasteiger partial charge in [0.25, 0.3) is 0 Å². The van der Waals surface area contributed by atoms with Gasteiger partial charge in [-0.2, -0.15) is 4.39 Å². The van der Waals surface area contributed by atoms with Gasteiger partial charge in [0.1, 0.15) is 5.82 Å². The van der Waals surface area contributed by atoms with Crippen LogP contribution in [0.3, 0.4) is 0 Å². The Morgan fingerprint density at radius 1 is 1.47 bits per heavy atom. The smallest absolute Gasteiger partial charge is 0.214 e. The van der Waals surface area contributed by atoms with E-state index in [1.807, 2.05) is 0 Å². The van der Waals surface area contributed by atoms with E-state index in [-0.39, 0.29) is 12.5 Å². The molecule has 0 bridgehead atoms. The molecular formula is C10H13FN2O2. The topological polar surface area (TPSA) is 56.6 Å². The summed E-state index contributed by atoms with van der Waals surface area (Å²) in [6, 6.07) is 4.55. The molecule has 15 heavy (non-hydrogen) atoms. The number of rotatable bonds is 2. The van der Waals surface area contributed by atoms with Gasteiger partial charge in [-0.1, -0.05) is 6.07 Å². The van der Waals surface area contributed by atoms with Gasteiger partial charge in [0.15, 0.2) is 0 Å². The van der Waals surface area contributed by atoms with E-state index in [1.165, 1.54) is 6.07 Å². The molecule has 0 radical (unpaired) electrons. The van der Waals surface area contributed by atoms with E-state index in [0.717, 1.165) is 0 Å². The molecule has 1 fully saturated rings. The van der Waals surface area contributed by atoms with Crippen molar-refractivity contribution in [3.63, 3.8) is 0 Å². The molecule has 0 aliphatic carbocycles. The highest BCUT2D eigenvalue weighted by molar-refractivity contribution is 5.39. The second-order valence-corrected chi connectivity index (χ2v) is 3.73. The lowest BCUT2D eigenvalue weighted by Crippen LogP contribution is -2.22. The Kier molecular flexibility index (Phi) is 2.83. The average molecular weight is 212 g/mol. The van der Waals surface area contributed by atoms with Gasteiger partial charge in [0.05, 0.1) is 12.7 Å². The summed E-state index contributed by atoms with van der Waals surface area (Å²) in [6.45, 7) is 0.836. The third kappa shape index (κ3) is 2.08. The summed E-state index contributed by atoms with van der Waals surface area (Å²) < 4.78 is 12.8. The molecule has 2 heterocycles. The van der Waals surface area contributed by atoms with Crippen LogP contribution in [-0.4, -0.2) is 41.0 Å². The van der Waals surface area contributed by atoms with E-state index in [0.29, 0.717) is 18.9 Å². The molecule has 5 heteroatoms. The van der Waals surface area contributed by atoms with Crippen LogP contribution >= 0.6 is 0 Å². The molecule has 0 aromatic carbocycles. The molecular weight excluding hydrogens is 199 g/mol. The zero-order chi connectivity index (χ0) is 10.8. The van der Waals surface area contributed by atoms with Crippen LogP contribution in [0.4, 0.5) is 10.2 Å². The Labute approximate surface area is 87.0 Å². The first kappa shape index (κ1) is 10.3. The highest BCUT2D eigenvalue weighted by atomic mass is 19.1. The normalized spacial score (nSPS) is 25.9. The molecule has 1 aliphatic rings. The van der Waals surface area contributed by atoms with Gasteiger partial charge in [0.2, 0.25) is 5.95 Å². The van der Waals surface area contributed by atoms with Crippen molar-refractivity contribution in [2.45, 2.75) is 6.10 Å². The van der Waals surface area contributed by atoms with Crippen LogP contribution in [0.1, 0.15) is 0 Å². The minimum absolute atomic E-state index is 0.0625. The zero-order valence-electron chi connectivity index (χ0n) is 8.17. The molecule has 2 atom stereocenters. The third-order valence-electron chi connectivity index (χ3n) is 2.67. The van der Waals surface area contributed by atoms with Crippen molar-refractivity contribution in [3.05, 3.63) is 24.1 Å². The minimum Gasteiger partial charge on any atom is -0.396 e. The number of hydrogen-bond donors (Lipinski definition) is 2. The van der Waals surface area contributed by atoms with Crippen molar-refractivity contribution in [2.75, 3.05) is 24.6 Å². The Hall–Kier alpha value is -1.20. The van der Waals surface area contributed by atoms with Crippen molar-refractivity contribution in [2.24, 2.45) is 5.92 Å². The van der Waals surface area contributed by atoms with Gasteiger partial charge in [-0.15, -0.1) is 0 Å². The Morgan fingerprint density at radius 3 is 2.87 bits per heavy atom. The second kappa shape index (κ2) is 4.12. The van der Waals surface area contributed by atoms with Crippen LogP contribution in [0.5, 0.6) is 0 Å². The zero-order valence-corrected chi connectivity index (χ0v) is 8.17. The van der Waals surface area contributed by atoms with E-state index >= 15 is 0 Å². The third-order valence-corrected chi connectivity index (χ3v) is 2.67. The quantitative estimate of drug-likeness (QED) is 0.678. The lowest BCUT2D eigenvalue weighted by Gasteiger charge is -2.16. The van der Waals surface area contributed by atoms with Crippen LogP contribution in [-0.2, 0) is 0 Å². The summed E-state index contributed by atoms with van der Waals surface area (Å²) >= 11 is 0. The Bertz CT molecular complexity index is 348. The van der Waals surface area contributed by atoms with Crippen LogP contribution in [0.25, 0.3) is 0 Å². The van der Waals surface area contributed by atoms with E-state index in [1.54, 1.807) is 17.0 Å². The summed E-state index contributed by atoms with van der Waals surface area (Å²) in [4.78, 5) is 5.50. The molecule has 0 saturated carbocycles. The minimum atomic E-state index is -0.569. The van der Waals surface area contributed by atoms with Gasteiger partial charge in [-0.3, -0.25) is 0 Å². The summed E-state index contributed by atoms with van der Waals surface area (Å²) in [5.74, 6) is -0.200. The van der Waals surface area contributed by atoms with Crippen LogP contribution < -0.4 is 4.90 Å². The molecule has 1 aromatic heterocycles. The fourth-order valence-electron chi connectivity index (χ4n) is 1.79. The number of β-amino-alcohol motifs (C(OH)–C–C–N with tert-alkyl or cyclic N) is 1. The maximum absolute atomic E-state index is 12.8. The first-order valence-electron chi connectivity index (χ1n) is 4.87. The van der Waals surface area contributed by atoms with Gasteiger partial charge in [0, 0.05) is 19.0 Å². The maximum atomic E-state index is 12.8. The monoisotopic (exact) mass is 212 g/mol. The van der Waals surface area contributed by atoms with Gasteiger partial charge >= 0.3 is 0 Å². The number of aromatic nitrogens is 1. The lowest BCUT2D eigenvalue weighted by molar-refractivity contribution is 0.104. The summed E-state index contributed by atoms with van der Waals surface area (Å²) in [7, 11) is 0. The highest BCUT2D eigenvalue weighted by Crippen LogP contribution is 2.22. The predicted molar refractivity (Wildman–Crippen MR) is 53.0 cm³/mol. The Balaban J connectivity index is 2.13. The largest absolute Gasteiger partial charge is 0.396 e. The SMILES string of the molecule is OCC1CN(c2cccc(F)n2)CC1O. The molecule has 4 nitrogen and oxygen atoms in total. The fourth-order valence-corrected chi connectivity index (χ4v) is 1.79. The number of hydrogen-bond acceptors (Lipinski definition) is 4. The van der Waals surface area contributed by atoms with Crippen LogP contribution in [0.2, 0.25) is 0 Å². The summed E-state index contributed by atoms with van der Waals surface area (Å²) in [5, 5.41) is 18.5. The number of pyridine rings is 1. The summed E-state index contributed by atoms with van der Waals surface area (Å²) in [6.07, 6.45) is -0.569. The molecule has 0 amide bonds. The van der Waals surface area contributed by atoms with E-state index in [9.17, 15) is 9.50 Å². The van der Waals surface area contributed by atoms with Crippen molar-refractivity contribution < 1.29 is 14.6 Å². The number of anilines is 1. The molecule has 2 N–H and O–H groups in total. The van der Waals surface area contributed by atoms with E-state index in [2.05, 4.69) is 4.98 Å². The van der Waals surface area contributed by atoms with Crippen molar-refractivity contribution in [1.29, 1.82) is 0 Å². The van der Waals surface area contributed by atoms with Crippen LogP contribution in [0, 0.1) is 11.9 Å². The number of halogens is 1. The van der Waals surface area contributed by atoms with Crippen molar-refractivity contribution in [3.8, 4) is 0 Å². The van der Waals surface area contributed by atoms with Crippen molar-refractivity contribution in [1.82, 2.24) is 4.98 Å².